The second-order valence-corrected chi connectivity index (χ2v) is 8.87. The molecule has 0 radical (unpaired) electrons. The Morgan fingerprint density at radius 1 is 1.25 bits per heavy atom. The van der Waals surface area contributed by atoms with Gasteiger partial charge in [0.05, 0.1) is 5.75 Å². The Bertz CT molecular complexity index is 473. The molecule has 0 aromatic carbocycles. The Balaban J connectivity index is 0.00000288. The summed E-state index contributed by atoms with van der Waals surface area (Å²) in [6.07, 6.45) is 5.10. The molecule has 2 fully saturated rings. The largest absolute Gasteiger partial charge is 0.356 e. The molecule has 1 unspecified atom stereocenters. The van der Waals surface area contributed by atoms with Crippen LogP contribution in [0.2, 0.25) is 0 Å². The standard InChI is InChI=1S/C16H31N3O3S.ClH/c1-2-3-12-23(21,22)19-10-6-15(7-11-19)16(20)18-9-5-14-4-8-17-13-14;/h14-15,17H,2-13H2,1H3,(H,18,20);1H. The van der Waals surface area contributed by atoms with Gasteiger partial charge < -0.3 is 10.6 Å². The van der Waals surface area contributed by atoms with Crippen LogP contribution in [-0.4, -0.2) is 57.1 Å². The van der Waals surface area contributed by atoms with Crippen LogP contribution in [0.3, 0.4) is 0 Å². The molecule has 2 rings (SSSR count). The van der Waals surface area contributed by atoms with Crippen molar-refractivity contribution in [2.45, 2.75) is 45.4 Å². The van der Waals surface area contributed by atoms with Crippen LogP contribution in [0.1, 0.15) is 45.4 Å². The molecule has 0 spiro atoms. The average molecular weight is 382 g/mol. The van der Waals surface area contributed by atoms with Gasteiger partial charge in [0.25, 0.3) is 0 Å². The third-order valence-electron chi connectivity index (χ3n) is 4.99. The lowest BCUT2D eigenvalue weighted by Gasteiger charge is -2.30. The number of amides is 1. The van der Waals surface area contributed by atoms with E-state index in [9.17, 15) is 13.2 Å². The van der Waals surface area contributed by atoms with Crippen molar-refractivity contribution in [2.75, 3.05) is 38.5 Å². The van der Waals surface area contributed by atoms with Crippen LogP contribution < -0.4 is 10.6 Å². The highest BCUT2D eigenvalue weighted by atomic mass is 35.5. The van der Waals surface area contributed by atoms with Crippen LogP contribution in [-0.2, 0) is 14.8 Å². The smallest absolute Gasteiger partial charge is 0.223 e. The van der Waals surface area contributed by atoms with Crippen molar-refractivity contribution in [2.24, 2.45) is 11.8 Å². The number of carbonyl (C=O) groups excluding carboxylic acids is 1. The third-order valence-corrected chi connectivity index (χ3v) is 6.94. The predicted molar refractivity (Wildman–Crippen MR) is 98.8 cm³/mol. The van der Waals surface area contributed by atoms with E-state index in [0.29, 0.717) is 38.3 Å². The van der Waals surface area contributed by atoms with E-state index in [2.05, 4.69) is 10.6 Å². The van der Waals surface area contributed by atoms with Gasteiger partial charge >= 0.3 is 0 Å². The Hall–Kier alpha value is -0.370. The molecule has 2 heterocycles. The van der Waals surface area contributed by atoms with E-state index >= 15 is 0 Å². The zero-order chi connectivity index (χ0) is 16.7. The summed E-state index contributed by atoms with van der Waals surface area (Å²) in [5.74, 6) is 0.979. The minimum absolute atomic E-state index is 0. The molecule has 24 heavy (non-hydrogen) atoms. The molecule has 142 valence electrons. The molecule has 0 saturated carbocycles. The van der Waals surface area contributed by atoms with Crippen molar-refractivity contribution >= 4 is 28.3 Å². The quantitative estimate of drug-likeness (QED) is 0.665. The highest BCUT2D eigenvalue weighted by molar-refractivity contribution is 7.89. The summed E-state index contributed by atoms with van der Waals surface area (Å²) in [7, 11) is -3.13. The lowest BCUT2D eigenvalue weighted by molar-refractivity contribution is -0.126. The van der Waals surface area contributed by atoms with E-state index in [1.54, 1.807) is 4.31 Å². The molecule has 0 aliphatic carbocycles. The van der Waals surface area contributed by atoms with E-state index in [1.807, 2.05) is 6.92 Å². The number of rotatable bonds is 8. The maximum atomic E-state index is 12.2. The summed E-state index contributed by atoms with van der Waals surface area (Å²) in [5, 5.41) is 6.36. The molecule has 2 saturated heterocycles. The number of hydrogen-bond donors (Lipinski definition) is 2. The van der Waals surface area contributed by atoms with Gasteiger partial charge in [-0.2, -0.15) is 0 Å². The van der Waals surface area contributed by atoms with Crippen LogP contribution in [0, 0.1) is 11.8 Å². The summed E-state index contributed by atoms with van der Waals surface area (Å²) >= 11 is 0. The number of unbranched alkanes of at least 4 members (excludes halogenated alkanes) is 1. The minimum Gasteiger partial charge on any atom is -0.356 e. The monoisotopic (exact) mass is 381 g/mol. The number of nitrogens with one attached hydrogen (secondary N) is 2. The summed E-state index contributed by atoms with van der Waals surface area (Å²) in [6.45, 7) is 5.84. The molecule has 1 amide bonds. The molecule has 0 aromatic heterocycles. The summed E-state index contributed by atoms with van der Waals surface area (Å²) in [6, 6.07) is 0. The molecule has 2 aliphatic rings. The molecular weight excluding hydrogens is 350 g/mol. The topological polar surface area (TPSA) is 78.5 Å². The van der Waals surface area contributed by atoms with Gasteiger partial charge in [-0.05, 0) is 51.1 Å². The fraction of sp³-hybridized carbons (Fsp3) is 0.938. The fourth-order valence-corrected chi connectivity index (χ4v) is 5.04. The van der Waals surface area contributed by atoms with Crippen LogP contribution >= 0.6 is 12.4 Å². The van der Waals surface area contributed by atoms with Crippen molar-refractivity contribution in [1.82, 2.24) is 14.9 Å². The Labute approximate surface area is 152 Å². The summed E-state index contributed by atoms with van der Waals surface area (Å²) in [5.41, 5.74) is 0. The zero-order valence-electron chi connectivity index (χ0n) is 14.6. The summed E-state index contributed by atoms with van der Waals surface area (Å²) < 4.78 is 25.9. The fourth-order valence-electron chi connectivity index (χ4n) is 3.36. The van der Waals surface area contributed by atoms with Crippen molar-refractivity contribution in [1.29, 1.82) is 0 Å². The van der Waals surface area contributed by atoms with E-state index in [0.717, 1.165) is 32.5 Å². The zero-order valence-corrected chi connectivity index (χ0v) is 16.3. The van der Waals surface area contributed by atoms with Gasteiger partial charge in [-0.3, -0.25) is 4.79 Å². The number of halogens is 1. The third kappa shape index (κ3) is 6.50. The maximum absolute atomic E-state index is 12.2. The van der Waals surface area contributed by atoms with E-state index < -0.39 is 10.0 Å². The first-order valence-electron chi connectivity index (χ1n) is 8.99. The number of nitrogens with zero attached hydrogens (tertiary/aromatic N) is 1. The maximum Gasteiger partial charge on any atom is 0.223 e. The van der Waals surface area contributed by atoms with Crippen molar-refractivity contribution in [3.05, 3.63) is 0 Å². The molecule has 6 nitrogen and oxygen atoms in total. The van der Waals surface area contributed by atoms with Crippen LogP contribution in [0.5, 0.6) is 0 Å². The van der Waals surface area contributed by atoms with Crippen LogP contribution in [0.4, 0.5) is 0 Å². The van der Waals surface area contributed by atoms with Gasteiger partial charge in [-0.15, -0.1) is 12.4 Å². The molecule has 0 aromatic rings. The minimum atomic E-state index is -3.13. The lowest BCUT2D eigenvalue weighted by atomic mass is 9.97. The van der Waals surface area contributed by atoms with Gasteiger partial charge in [0, 0.05) is 25.6 Å². The van der Waals surface area contributed by atoms with Gasteiger partial charge in [0.2, 0.25) is 15.9 Å². The first kappa shape index (κ1) is 21.7. The van der Waals surface area contributed by atoms with E-state index in [-0.39, 0.29) is 30.0 Å². The highest BCUT2D eigenvalue weighted by Crippen LogP contribution is 2.21. The van der Waals surface area contributed by atoms with Crippen LogP contribution in [0.25, 0.3) is 0 Å². The highest BCUT2D eigenvalue weighted by Gasteiger charge is 2.30. The van der Waals surface area contributed by atoms with Gasteiger partial charge in [-0.25, -0.2) is 12.7 Å². The number of sulfonamides is 1. The second-order valence-electron chi connectivity index (χ2n) is 6.78. The molecule has 2 aliphatic heterocycles. The van der Waals surface area contributed by atoms with Gasteiger partial charge in [0.1, 0.15) is 0 Å². The lowest BCUT2D eigenvalue weighted by Crippen LogP contribution is -2.44. The van der Waals surface area contributed by atoms with Crippen molar-refractivity contribution < 1.29 is 13.2 Å². The summed E-state index contributed by atoms with van der Waals surface area (Å²) in [4.78, 5) is 12.2. The number of hydrogen-bond acceptors (Lipinski definition) is 4. The Morgan fingerprint density at radius 3 is 2.54 bits per heavy atom. The van der Waals surface area contributed by atoms with Gasteiger partial charge in [-0.1, -0.05) is 13.3 Å². The van der Waals surface area contributed by atoms with E-state index in [4.69, 9.17) is 0 Å². The predicted octanol–water partition coefficient (Wildman–Crippen LogP) is 1.37. The molecule has 0 bridgehead atoms. The van der Waals surface area contributed by atoms with Gasteiger partial charge in [0.15, 0.2) is 0 Å². The normalized spacial score (nSPS) is 23.0. The number of carbonyl (C=O) groups is 1. The molecule has 8 heteroatoms. The van der Waals surface area contributed by atoms with Crippen molar-refractivity contribution in [3.8, 4) is 0 Å². The SMILES string of the molecule is CCCCS(=O)(=O)N1CCC(C(=O)NCCC2CCNC2)CC1.Cl. The van der Waals surface area contributed by atoms with Crippen molar-refractivity contribution in [3.63, 3.8) is 0 Å². The first-order chi connectivity index (χ1) is 11.0. The Kier molecular flexibility index (Phi) is 9.56. The first-order valence-corrected chi connectivity index (χ1v) is 10.6. The molecular formula is C16H32ClN3O3S. The Morgan fingerprint density at radius 2 is 1.96 bits per heavy atom. The van der Waals surface area contributed by atoms with E-state index in [1.165, 1.54) is 6.42 Å². The number of piperidine rings is 1. The molecule has 1 atom stereocenters. The van der Waals surface area contributed by atoms with Crippen LogP contribution in [0.15, 0.2) is 0 Å². The molecule has 2 N–H and O–H groups in total. The second kappa shape index (κ2) is 10.6. The average Bonchev–Trinajstić information content (AvgIpc) is 3.06.